The third kappa shape index (κ3) is 5.25. The van der Waals surface area contributed by atoms with Gasteiger partial charge in [0.1, 0.15) is 6.42 Å². The molecule has 0 unspecified atom stereocenters. The van der Waals surface area contributed by atoms with Gasteiger partial charge in [0.05, 0.1) is 0 Å². The molecular formula is C19H22N2O2. The van der Waals surface area contributed by atoms with Crippen molar-refractivity contribution in [3.63, 3.8) is 0 Å². The number of anilines is 1. The summed E-state index contributed by atoms with van der Waals surface area (Å²) < 4.78 is 0. The smallest absolute Gasteiger partial charge is 0.233 e. The molecule has 0 saturated heterocycles. The molecule has 2 aromatic carbocycles. The van der Waals surface area contributed by atoms with Gasteiger partial charge in [0.2, 0.25) is 11.8 Å². The van der Waals surface area contributed by atoms with Crippen LogP contribution in [-0.2, 0) is 16.1 Å². The number of carbonyl (C=O) groups excluding carboxylic acids is 2. The lowest BCUT2D eigenvalue weighted by molar-refractivity contribution is -0.134. The minimum absolute atomic E-state index is 0.144. The van der Waals surface area contributed by atoms with E-state index in [0.29, 0.717) is 18.8 Å². The molecule has 0 aliphatic carbocycles. The first-order chi connectivity index (χ1) is 11.1. The summed E-state index contributed by atoms with van der Waals surface area (Å²) in [6, 6.07) is 17.3. The zero-order chi connectivity index (χ0) is 16.7. The Morgan fingerprint density at radius 3 is 2.26 bits per heavy atom. The third-order valence-electron chi connectivity index (χ3n) is 3.60. The van der Waals surface area contributed by atoms with Crippen molar-refractivity contribution in [2.75, 3.05) is 11.9 Å². The predicted molar refractivity (Wildman–Crippen MR) is 92.0 cm³/mol. The Hall–Kier alpha value is -2.62. The summed E-state index contributed by atoms with van der Waals surface area (Å²) in [7, 11) is 0. The van der Waals surface area contributed by atoms with Gasteiger partial charge in [-0.05, 0) is 31.5 Å². The zero-order valence-electron chi connectivity index (χ0n) is 13.6. The summed E-state index contributed by atoms with van der Waals surface area (Å²) in [4.78, 5) is 26.0. The lowest BCUT2D eigenvalue weighted by Gasteiger charge is -2.20. The van der Waals surface area contributed by atoms with Gasteiger partial charge in [-0.1, -0.05) is 48.0 Å². The Balaban J connectivity index is 1.90. The van der Waals surface area contributed by atoms with Crippen molar-refractivity contribution in [2.45, 2.75) is 26.8 Å². The van der Waals surface area contributed by atoms with E-state index < -0.39 is 0 Å². The van der Waals surface area contributed by atoms with Crippen LogP contribution >= 0.6 is 0 Å². The lowest BCUT2D eigenvalue weighted by atomic mass is 10.2. The molecule has 0 radical (unpaired) electrons. The van der Waals surface area contributed by atoms with E-state index in [4.69, 9.17) is 0 Å². The molecule has 0 atom stereocenters. The Morgan fingerprint density at radius 1 is 1.00 bits per heavy atom. The van der Waals surface area contributed by atoms with Crippen LogP contribution in [-0.4, -0.2) is 23.3 Å². The fraction of sp³-hybridized carbons (Fsp3) is 0.263. The number of aryl methyl sites for hydroxylation is 1. The molecule has 23 heavy (non-hydrogen) atoms. The molecule has 2 aromatic rings. The van der Waals surface area contributed by atoms with E-state index in [1.165, 1.54) is 0 Å². The highest BCUT2D eigenvalue weighted by Gasteiger charge is 2.16. The van der Waals surface area contributed by atoms with E-state index in [1.54, 1.807) is 4.90 Å². The fourth-order valence-electron chi connectivity index (χ4n) is 2.27. The zero-order valence-corrected chi connectivity index (χ0v) is 13.6. The number of benzene rings is 2. The summed E-state index contributed by atoms with van der Waals surface area (Å²) >= 11 is 0. The highest BCUT2D eigenvalue weighted by atomic mass is 16.2. The summed E-state index contributed by atoms with van der Waals surface area (Å²) in [5.74, 6) is -0.452. The molecule has 0 saturated carbocycles. The number of amides is 2. The molecule has 2 rings (SSSR count). The lowest BCUT2D eigenvalue weighted by Crippen LogP contribution is -2.33. The number of nitrogens with one attached hydrogen (secondary N) is 1. The number of hydrogen-bond donors (Lipinski definition) is 1. The van der Waals surface area contributed by atoms with E-state index in [0.717, 1.165) is 11.1 Å². The van der Waals surface area contributed by atoms with Crippen LogP contribution < -0.4 is 5.32 Å². The molecule has 4 heteroatoms. The summed E-state index contributed by atoms with van der Waals surface area (Å²) in [5, 5.41) is 2.76. The van der Waals surface area contributed by atoms with Crippen LogP contribution in [0, 0.1) is 6.92 Å². The van der Waals surface area contributed by atoms with Gasteiger partial charge in [0, 0.05) is 18.8 Å². The maximum atomic E-state index is 12.3. The van der Waals surface area contributed by atoms with Gasteiger partial charge in [-0.3, -0.25) is 9.59 Å². The summed E-state index contributed by atoms with van der Waals surface area (Å²) in [6.45, 7) is 5.00. The van der Waals surface area contributed by atoms with E-state index in [2.05, 4.69) is 5.32 Å². The Morgan fingerprint density at radius 2 is 1.65 bits per heavy atom. The van der Waals surface area contributed by atoms with Gasteiger partial charge in [0.15, 0.2) is 0 Å². The molecule has 0 heterocycles. The maximum absolute atomic E-state index is 12.3. The third-order valence-corrected chi connectivity index (χ3v) is 3.60. The van der Waals surface area contributed by atoms with Gasteiger partial charge in [-0.15, -0.1) is 0 Å². The van der Waals surface area contributed by atoms with Crippen LogP contribution in [0.5, 0.6) is 0 Å². The average molecular weight is 310 g/mol. The second-order valence-corrected chi connectivity index (χ2v) is 5.48. The molecule has 0 bridgehead atoms. The monoisotopic (exact) mass is 310 g/mol. The Bertz CT molecular complexity index is 651. The number of nitrogens with zero attached hydrogens (tertiary/aromatic N) is 1. The standard InChI is InChI=1S/C19H22N2O2/c1-3-21(14-16-7-5-4-6-8-16)19(23)13-18(22)20-17-11-9-15(2)10-12-17/h4-12H,3,13-14H2,1-2H3,(H,20,22). The van der Waals surface area contributed by atoms with Crippen molar-refractivity contribution >= 4 is 17.5 Å². The minimum atomic E-state index is -0.287. The van der Waals surface area contributed by atoms with Crippen molar-refractivity contribution in [2.24, 2.45) is 0 Å². The average Bonchev–Trinajstić information content (AvgIpc) is 2.55. The van der Waals surface area contributed by atoms with Gasteiger partial charge in [-0.25, -0.2) is 0 Å². The highest BCUT2D eigenvalue weighted by Crippen LogP contribution is 2.10. The van der Waals surface area contributed by atoms with Crippen molar-refractivity contribution in [1.29, 1.82) is 0 Å². The molecule has 0 spiro atoms. The van der Waals surface area contributed by atoms with Crippen LogP contribution in [0.15, 0.2) is 54.6 Å². The molecule has 0 aliphatic heterocycles. The largest absolute Gasteiger partial charge is 0.338 e. The van der Waals surface area contributed by atoms with Gasteiger partial charge in [0.25, 0.3) is 0 Å². The molecule has 0 aliphatic rings. The van der Waals surface area contributed by atoms with Crippen molar-refractivity contribution in [3.8, 4) is 0 Å². The molecule has 2 amide bonds. The molecule has 1 N–H and O–H groups in total. The minimum Gasteiger partial charge on any atom is -0.338 e. The fourth-order valence-corrected chi connectivity index (χ4v) is 2.27. The van der Waals surface area contributed by atoms with Crippen LogP contribution in [0.25, 0.3) is 0 Å². The second kappa shape index (κ2) is 8.13. The molecule has 0 aromatic heterocycles. The summed E-state index contributed by atoms with van der Waals surface area (Å²) in [6.07, 6.45) is -0.144. The van der Waals surface area contributed by atoms with Crippen LogP contribution in [0.1, 0.15) is 24.5 Å². The predicted octanol–water partition coefficient (Wildman–Crippen LogP) is 3.37. The van der Waals surface area contributed by atoms with Crippen molar-refractivity contribution in [1.82, 2.24) is 4.90 Å². The van der Waals surface area contributed by atoms with E-state index in [9.17, 15) is 9.59 Å². The van der Waals surface area contributed by atoms with Crippen molar-refractivity contribution in [3.05, 3.63) is 65.7 Å². The number of carbonyl (C=O) groups is 2. The van der Waals surface area contributed by atoms with Gasteiger partial charge < -0.3 is 10.2 Å². The Labute approximate surface area is 137 Å². The topological polar surface area (TPSA) is 49.4 Å². The molecule has 4 nitrogen and oxygen atoms in total. The molecule has 120 valence electrons. The van der Waals surface area contributed by atoms with Gasteiger partial charge in [-0.2, -0.15) is 0 Å². The maximum Gasteiger partial charge on any atom is 0.233 e. The second-order valence-electron chi connectivity index (χ2n) is 5.48. The normalized spacial score (nSPS) is 10.2. The number of hydrogen-bond acceptors (Lipinski definition) is 2. The first-order valence-corrected chi connectivity index (χ1v) is 7.76. The van der Waals surface area contributed by atoms with Crippen LogP contribution in [0.3, 0.4) is 0 Å². The Kier molecular flexibility index (Phi) is 5.92. The van der Waals surface area contributed by atoms with Crippen LogP contribution in [0.4, 0.5) is 5.69 Å². The van der Waals surface area contributed by atoms with Gasteiger partial charge >= 0.3 is 0 Å². The first kappa shape index (κ1) is 16.7. The molecule has 0 fully saturated rings. The van der Waals surface area contributed by atoms with E-state index in [1.807, 2.05) is 68.4 Å². The SMILES string of the molecule is CCN(Cc1ccccc1)C(=O)CC(=O)Nc1ccc(C)cc1. The van der Waals surface area contributed by atoms with Crippen LogP contribution in [0.2, 0.25) is 0 Å². The first-order valence-electron chi connectivity index (χ1n) is 7.76. The van der Waals surface area contributed by atoms with E-state index in [-0.39, 0.29) is 18.2 Å². The summed E-state index contributed by atoms with van der Waals surface area (Å²) in [5.41, 5.74) is 2.89. The molecular weight excluding hydrogens is 288 g/mol. The van der Waals surface area contributed by atoms with E-state index >= 15 is 0 Å². The quantitative estimate of drug-likeness (QED) is 0.832. The van der Waals surface area contributed by atoms with Crippen molar-refractivity contribution < 1.29 is 9.59 Å². The number of rotatable bonds is 6. The highest BCUT2D eigenvalue weighted by molar-refractivity contribution is 6.03.